The third-order valence-electron chi connectivity index (χ3n) is 2.46. The second kappa shape index (κ2) is 4.68. The second-order valence-electron chi connectivity index (χ2n) is 3.91. The maximum atomic E-state index is 12.2. The molecule has 0 saturated heterocycles. The van der Waals surface area contributed by atoms with Gasteiger partial charge < -0.3 is 0 Å². The van der Waals surface area contributed by atoms with E-state index in [1.54, 1.807) is 0 Å². The third kappa shape index (κ3) is 3.46. The highest BCUT2D eigenvalue weighted by molar-refractivity contribution is 7.99. The predicted molar refractivity (Wildman–Crippen MR) is 57.7 cm³/mol. The minimum Gasteiger partial charge on any atom is -0.298 e. The van der Waals surface area contributed by atoms with Crippen LogP contribution in [0.3, 0.4) is 0 Å². The SMILES string of the molecule is O=C(CSc1ccc(C(F)(F)F)cn1)C1CC1. The maximum absolute atomic E-state index is 12.2. The number of aromatic nitrogens is 1. The fraction of sp³-hybridized carbons (Fsp3) is 0.455. The van der Waals surface area contributed by atoms with Crippen molar-refractivity contribution in [2.24, 2.45) is 5.92 Å². The van der Waals surface area contributed by atoms with E-state index >= 15 is 0 Å². The van der Waals surface area contributed by atoms with Crippen LogP contribution in [0.2, 0.25) is 0 Å². The Morgan fingerprint density at radius 2 is 2.12 bits per heavy atom. The Balaban J connectivity index is 1.91. The topological polar surface area (TPSA) is 30.0 Å². The Morgan fingerprint density at radius 1 is 1.41 bits per heavy atom. The number of hydrogen-bond acceptors (Lipinski definition) is 3. The Morgan fingerprint density at radius 3 is 2.59 bits per heavy atom. The number of alkyl halides is 3. The predicted octanol–water partition coefficient (Wildman–Crippen LogP) is 3.17. The fourth-order valence-electron chi connectivity index (χ4n) is 1.30. The summed E-state index contributed by atoms with van der Waals surface area (Å²) < 4.78 is 36.7. The summed E-state index contributed by atoms with van der Waals surface area (Å²) in [5.74, 6) is 0.636. The van der Waals surface area contributed by atoms with Crippen LogP contribution in [0.1, 0.15) is 18.4 Å². The van der Waals surface area contributed by atoms with E-state index in [1.807, 2.05) is 0 Å². The van der Waals surface area contributed by atoms with Crippen molar-refractivity contribution in [1.82, 2.24) is 4.98 Å². The van der Waals surface area contributed by atoms with Crippen molar-refractivity contribution in [3.63, 3.8) is 0 Å². The molecule has 1 heterocycles. The van der Waals surface area contributed by atoms with Gasteiger partial charge in [0.05, 0.1) is 16.3 Å². The van der Waals surface area contributed by atoms with E-state index in [1.165, 1.54) is 17.8 Å². The molecule has 92 valence electrons. The van der Waals surface area contributed by atoms with Gasteiger partial charge in [-0.25, -0.2) is 4.98 Å². The van der Waals surface area contributed by atoms with Gasteiger partial charge in [0.15, 0.2) is 0 Å². The van der Waals surface area contributed by atoms with E-state index in [-0.39, 0.29) is 11.7 Å². The van der Waals surface area contributed by atoms with Gasteiger partial charge in [-0.2, -0.15) is 13.2 Å². The average molecular weight is 261 g/mol. The molecule has 0 unspecified atom stereocenters. The number of pyridine rings is 1. The molecule has 17 heavy (non-hydrogen) atoms. The van der Waals surface area contributed by atoms with Gasteiger partial charge in [0.25, 0.3) is 0 Å². The summed E-state index contributed by atoms with van der Waals surface area (Å²) in [6, 6.07) is 2.28. The van der Waals surface area contributed by atoms with Crippen molar-refractivity contribution in [1.29, 1.82) is 0 Å². The molecule has 0 bridgehead atoms. The van der Waals surface area contributed by atoms with Crippen LogP contribution in [-0.2, 0) is 11.0 Å². The van der Waals surface area contributed by atoms with E-state index in [0.29, 0.717) is 10.8 Å². The highest BCUT2D eigenvalue weighted by Crippen LogP contribution is 2.32. The standard InChI is InChI=1S/C11H10F3NOS/c12-11(13,14)8-3-4-10(15-5-8)17-6-9(16)7-1-2-7/h3-5,7H,1-2,6H2. The van der Waals surface area contributed by atoms with Crippen molar-refractivity contribution >= 4 is 17.5 Å². The minimum atomic E-state index is -4.36. The molecule has 6 heteroatoms. The van der Waals surface area contributed by atoms with Crippen molar-refractivity contribution in [3.05, 3.63) is 23.9 Å². The molecule has 1 saturated carbocycles. The molecule has 0 spiro atoms. The number of carbonyl (C=O) groups excluding carboxylic acids is 1. The molecule has 2 nitrogen and oxygen atoms in total. The molecule has 1 aromatic heterocycles. The molecule has 0 atom stereocenters. The van der Waals surface area contributed by atoms with Crippen LogP contribution in [0, 0.1) is 5.92 Å². The molecule has 0 N–H and O–H groups in total. The number of nitrogens with zero attached hydrogens (tertiary/aromatic N) is 1. The van der Waals surface area contributed by atoms with Crippen LogP contribution in [0.5, 0.6) is 0 Å². The van der Waals surface area contributed by atoms with Gasteiger partial charge >= 0.3 is 6.18 Å². The summed E-state index contributed by atoms with van der Waals surface area (Å²) >= 11 is 1.19. The first-order valence-corrected chi connectivity index (χ1v) is 6.14. The Bertz CT molecular complexity index is 412. The lowest BCUT2D eigenvalue weighted by Gasteiger charge is -2.06. The van der Waals surface area contributed by atoms with Gasteiger partial charge in [-0.3, -0.25) is 4.79 Å². The molecule has 2 rings (SSSR count). The zero-order valence-electron chi connectivity index (χ0n) is 8.83. The first-order valence-electron chi connectivity index (χ1n) is 5.15. The van der Waals surface area contributed by atoms with Crippen LogP contribution in [0.4, 0.5) is 13.2 Å². The number of ketones is 1. The zero-order valence-corrected chi connectivity index (χ0v) is 9.64. The van der Waals surface area contributed by atoms with Gasteiger partial charge in [0, 0.05) is 12.1 Å². The number of rotatable bonds is 4. The number of hydrogen-bond donors (Lipinski definition) is 0. The molecule has 0 radical (unpaired) electrons. The fourth-order valence-corrected chi connectivity index (χ4v) is 2.12. The molecule has 1 aliphatic rings. The lowest BCUT2D eigenvalue weighted by Crippen LogP contribution is -2.06. The van der Waals surface area contributed by atoms with E-state index in [9.17, 15) is 18.0 Å². The van der Waals surface area contributed by atoms with E-state index in [0.717, 1.165) is 25.1 Å². The summed E-state index contributed by atoms with van der Waals surface area (Å²) in [6.07, 6.45) is -1.68. The molecule has 0 aromatic carbocycles. The third-order valence-corrected chi connectivity index (χ3v) is 3.42. The monoisotopic (exact) mass is 261 g/mol. The molecule has 1 aliphatic carbocycles. The van der Waals surface area contributed by atoms with E-state index in [2.05, 4.69) is 4.98 Å². The zero-order chi connectivity index (χ0) is 12.5. The highest BCUT2D eigenvalue weighted by atomic mass is 32.2. The smallest absolute Gasteiger partial charge is 0.298 e. The van der Waals surface area contributed by atoms with Gasteiger partial charge in [0.2, 0.25) is 0 Å². The molecule has 0 aliphatic heterocycles. The number of halogens is 3. The Kier molecular flexibility index (Phi) is 3.42. The lowest BCUT2D eigenvalue weighted by molar-refractivity contribution is -0.137. The maximum Gasteiger partial charge on any atom is 0.417 e. The highest BCUT2D eigenvalue weighted by Gasteiger charge is 2.31. The summed E-state index contributed by atoms with van der Waals surface area (Å²) in [6.45, 7) is 0. The van der Waals surface area contributed by atoms with Crippen molar-refractivity contribution < 1.29 is 18.0 Å². The summed E-state index contributed by atoms with van der Waals surface area (Å²) in [4.78, 5) is 15.1. The summed E-state index contributed by atoms with van der Waals surface area (Å²) in [7, 11) is 0. The van der Waals surface area contributed by atoms with Crippen LogP contribution in [0.25, 0.3) is 0 Å². The number of carbonyl (C=O) groups is 1. The van der Waals surface area contributed by atoms with Gasteiger partial charge in [-0.1, -0.05) is 11.8 Å². The lowest BCUT2D eigenvalue weighted by atomic mass is 10.3. The summed E-state index contributed by atoms with van der Waals surface area (Å²) in [5.41, 5.74) is -0.768. The molecular weight excluding hydrogens is 251 g/mol. The van der Waals surface area contributed by atoms with Crippen LogP contribution in [-0.4, -0.2) is 16.5 Å². The normalized spacial score (nSPS) is 15.9. The average Bonchev–Trinajstić information content (AvgIpc) is 3.09. The Labute approximate surface area is 101 Å². The largest absolute Gasteiger partial charge is 0.417 e. The quantitative estimate of drug-likeness (QED) is 0.780. The first-order chi connectivity index (χ1) is 7.97. The Hall–Kier alpha value is -1.04. The summed E-state index contributed by atoms with van der Waals surface area (Å²) in [5, 5.41) is 0.451. The van der Waals surface area contributed by atoms with Gasteiger partial charge in [-0.15, -0.1) is 0 Å². The van der Waals surface area contributed by atoms with Crippen molar-refractivity contribution in [2.45, 2.75) is 24.0 Å². The van der Waals surface area contributed by atoms with Crippen molar-refractivity contribution in [3.8, 4) is 0 Å². The van der Waals surface area contributed by atoms with Crippen LogP contribution < -0.4 is 0 Å². The molecule has 1 fully saturated rings. The van der Waals surface area contributed by atoms with E-state index < -0.39 is 11.7 Å². The van der Waals surface area contributed by atoms with Gasteiger partial charge in [0.1, 0.15) is 5.78 Å². The first kappa shape index (κ1) is 12.4. The van der Waals surface area contributed by atoms with Crippen molar-refractivity contribution in [2.75, 3.05) is 5.75 Å². The van der Waals surface area contributed by atoms with E-state index in [4.69, 9.17) is 0 Å². The molecule has 0 amide bonds. The van der Waals surface area contributed by atoms with Gasteiger partial charge in [-0.05, 0) is 25.0 Å². The van der Waals surface area contributed by atoms with Crippen LogP contribution in [0.15, 0.2) is 23.4 Å². The number of thioether (sulfide) groups is 1. The molecular formula is C11H10F3NOS. The number of Topliss-reactive ketones (excluding diaryl/α,β-unsaturated/α-hetero) is 1. The van der Waals surface area contributed by atoms with Crippen LogP contribution >= 0.6 is 11.8 Å². The molecule has 1 aromatic rings. The minimum absolute atomic E-state index is 0.164. The second-order valence-corrected chi connectivity index (χ2v) is 4.91.